The first-order chi connectivity index (χ1) is 13.5. The van der Waals surface area contributed by atoms with E-state index in [0.29, 0.717) is 25.4 Å². The van der Waals surface area contributed by atoms with Crippen LogP contribution in [0, 0.1) is 5.92 Å². The first-order valence-electron chi connectivity index (χ1n) is 10.9. The Labute approximate surface area is 168 Å². The third-order valence-electron chi connectivity index (χ3n) is 5.31. The molecule has 2 rings (SSSR count). The van der Waals surface area contributed by atoms with Gasteiger partial charge in [-0.05, 0) is 38.3 Å². The number of hydrogen-bond acceptors (Lipinski definition) is 4. The topological polar surface area (TPSA) is 75.4 Å². The number of nitrogens with one attached hydrogen (secondary N) is 1. The highest BCUT2D eigenvalue weighted by Gasteiger charge is 2.17. The van der Waals surface area contributed by atoms with E-state index in [1.165, 1.54) is 0 Å². The van der Waals surface area contributed by atoms with Crippen LogP contribution >= 0.6 is 0 Å². The highest BCUT2D eigenvalue weighted by atomic mass is 16.2. The Balaban J connectivity index is 1.80. The molecule has 0 fully saturated rings. The maximum atomic E-state index is 12.6. The number of carbonyl (C=O) groups excluding carboxylic acids is 1. The molecular formula is C20H38N6O2. The van der Waals surface area contributed by atoms with E-state index in [4.69, 9.17) is 0 Å². The van der Waals surface area contributed by atoms with E-state index in [2.05, 4.69) is 43.0 Å². The lowest BCUT2D eigenvalue weighted by molar-refractivity contribution is 0.177. The number of hydrogen-bond donors (Lipinski definition) is 1. The van der Waals surface area contributed by atoms with Crippen molar-refractivity contribution in [1.82, 2.24) is 29.5 Å². The number of likely N-dealkylation sites (N-methyl/N-ethyl adjacent to an activating group) is 1. The van der Waals surface area contributed by atoms with Gasteiger partial charge in [-0.25, -0.2) is 14.3 Å². The summed E-state index contributed by atoms with van der Waals surface area (Å²) < 4.78 is 3.35. The molecule has 0 saturated heterocycles. The SMILES string of the molecule is CCN(CC)CCN(CC(C)C)C(=O)NCCCn1nc2n(c1=O)CCCC2. The smallest absolute Gasteiger partial charge is 0.338 e. The highest BCUT2D eigenvalue weighted by Crippen LogP contribution is 2.09. The van der Waals surface area contributed by atoms with Gasteiger partial charge >= 0.3 is 11.7 Å². The van der Waals surface area contributed by atoms with Crippen LogP contribution in [0.3, 0.4) is 0 Å². The van der Waals surface area contributed by atoms with Crippen molar-refractivity contribution in [1.29, 1.82) is 0 Å². The Morgan fingerprint density at radius 1 is 1.21 bits per heavy atom. The zero-order valence-electron chi connectivity index (χ0n) is 18.1. The predicted octanol–water partition coefficient (Wildman–Crippen LogP) is 1.78. The summed E-state index contributed by atoms with van der Waals surface area (Å²) in [5.74, 6) is 1.33. The lowest BCUT2D eigenvalue weighted by Crippen LogP contribution is -2.46. The zero-order valence-corrected chi connectivity index (χ0v) is 18.1. The van der Waals surface area contributed by atoms with Crippen molar-refractivity contribution in [2.24, 2.45) is 5.92 Å². The molecule has 0 aliphatic carbocycles. The molecule has 0 saturated carbocycles. The van der Waals surface area contributed by atoms with Crippen molar-refractivity contribution in [3.63, 3.8) is 0 Å². The Kier molecular flexibility index (Phi) is 9.02. The molecule has 28 heavy (non-hydrogen) atoms. The van der Waals surface area contributed by atoms with E-state index >= 15 is 0 Å². The monoisotopic (exact) mass is 394 g/mol. The Morgan fingerprint density at radius 2 is 1.96 bits per heavy atom. The van der Waals surface area contributed by atoms with Gasteiger partial charge in [-0.2, -0.15) is 5.10 Å². The number of rotatable bonds is 11. The first kappa shape index (κ1) is 22.5. The molecular weight excluding hydrogens is 356 g/mol. The Morgan fingerprint density at radius 3 is 2.61 bits per heavy atom. The van der Waals surface area contributed by atoms with Crippen LogP contribution in [0.4, 0.5) is 4.79 Å². The molecule has 2 heterocycles. The molecule has 8 nitrogen and oxygen atoms in total. The van der Waals surface area contributed by atoms with Gasteiger partial charge in [0, 0.05) is 45.7 Å². The molecule has 2 amide bonds. The molecule has 0 spiro atoms. The van der Waals surface area contributed by atoms with Crippen molar-refractivity contribution in [2.45, 2.75) is 66.5 Å². The number of aryl methyl sites for hydroxylation is 2. The van der Waals surface area contributed by atoms with Crippen LogP contribution in [0.15, 0.2) is 4.79 Å². The van der Waals surface area contributed by atoms with Crippen molar-refractivity contribution in [2.75, 3.05) is 39.3 Å². The minimum Gasteiger partial charge on any atom is -0.338 e. The maximum Gasteiger partial charge on any atom is 0.345 e. The van der Waals surface area contributed by atoms with Gasteiger partial charge in [0.25, 0.3) is 0 Å². The molecule has 0 radical (unpaired) electrons. The van der Waals surface area contributed by atoms with Gasteiger partial charge in [0.1, 0.15) is 5.82 Å². The predicted molar refractivity (Wildman–Crippen MR) is 112 cm³/mol. The number of aromatic nitrogens is 3. The maximum absolute atomic E-state index is 12.6. The quantitative estimate of drug-likeness (QED) is 0.581. The van der Waals surface area contributed by atoms with Crippen LogP contribution < -0.4 is 11.0 Å². The molecule has 0 bridgehead atoms. The van der Waals surface area contributed by atoms with Crippen LogP contribution in [0.25, 0.3) is 0 Å². The molecule has 1 aromatic rings. The van der Waals surface area contributed by atoms with Crippen LogP contribution in [0.5, 0.6) is 0 Å². The van der Waals surface area contributed by atoms with E-state index in [-0.39, 0.29) is 11.7 Å². The summed E-state index contributed by atoms with van der Waals surface area (Å²) in [7, 11) is 0. The van der Waals surface area contributed by atoms with Crippen LogP contribution in [-0.2, 0) is 19.5 Å². The van der Waals surface area contributed by atoms with Crippen LogP contribution in [-0.4, -0.2) is 69.4 Å². The Bertz CT molecular complexity index is 662. The van der Waals surface area contributed by atoms with Gasteiger partial charge in [0.2, 0.25) is 0 Å². The second-order valence-electron chi connectivity index (χ2n) is 7.98. The van der Waals surface area contributed by atoms with Gasteiger partial charge in [0.05, 0.1) is 0 Å². The molecule has 1 aromatic heterocycles. The summed E-state index contributed by atoms with van der Waals surface area (Å²) in [6.45, 7) is 14.8. The fourth-order valence-electron chi connectivity index (χ4n) is 3.65. The van der Waals surface area contributed by atoms with Crippen molar-refractivity contribution in [3.8, 4) is 0 Å². The second-order valence-corrected chi connectivity index (χ2v) is 7.98. The van der Waals surface area contributed by atoms with Gasteiger partial charge in [-0.3, -0.25) is 4.57 Å². The van der Waals surface area contributed by atoms with E-state index in [9.17, 15) is 9.59 Å². The summed E-state index contributed by atoms with van der Waals surface area (Å²) in [5.41, 5.74) is -0.0123. The molecule has 0 atom stereocenters. The standard InChI is InChI=1S/C20H38N6O2/c1-5-23(6-2)14-15-24(16-17(3)4)19(27)21-11-9-13-26-20(28)25-12-8-7-10-18(25)22-26/h17H,5-16H2,1-4H3,(H,21,27). The summed E-state index contributed by atoms with van der Waals surface area (Å²) >= 11 is 0. The number of carbonyl (C=O) groups is 1. The molecule has 1 aliphatic heterocycles. The molecule has 8 heteroatoms. The summed E-state index contributed by atoms with van der Waals surface area (Å²) in [5, 5.41) is 7.47. The van der Waals surface area contributed by atoms with Crippen LogP contribution in [0.2, 0.25) is 0 Å². The largest absolute Gasteiger partial charge is 0.345 e. The summed E-state index contributed by atoms with van der Waals surface area (Å²) in [6, 6.07) is -0.0164. The number of fused-ring (bicyclic) bond motifs is 1. The highest BCUT2D eigenvalue weighted by molar-refractivity contribution is 5.74. The summed E-state index contributed by atoms with van der Waals surface area (Å²) in [6.07, 6.45) is 3.74. The average molecular weight is 395 g/mol. The fourth-order valence-corrected chi connectivity index (χ4v) is 3.65. The minimum absolute atomic E-state index is 0.0123. The first-order valence-corrected chi connectivity index (χ1v) is 10.9. The van der Waals surface area contributed by atoms with E-state index in [1.807, 2.05) is 4.90 Å². The molecule has 0 aromatic carbocycles. The number of nitrogens with zero attached hydrogens (tertiary/aromatic N) is 5. The molecule has 0 unspecified atom stereocenters. The molecule has 1 aliphatic rings. The molecule has 160 valence electrons. The number of amides is 2. The average Bonchev–Trinajstić information content (AvgIpc) is 3.00. The lowest BCUT2D eigenvalue weighted by atomic mass is 10.2. The van der Waals surface area contributed by atoms with Crippen LogP contribution in [0.1, 0.15) is 52.8 Å². The van der Waals surface area contributed by atoms with Crippen molar-refractivity contribution in [3.05, 3.63) is 16.3 Å². The van der Waals surface area contributed by atoms with Gasteiger partial charge in [-0.15, -0.1) is 0 Å². The van der Waals surface area contributed by atoms with E-state index in [1.54, 1.807) is 9.25 Å². The number of urea groups is 1. The van der Waals surface area contributed by atoms with Gasteiger partial charge in [-0.1, -0.05) is 27.7 Å². The van der Waals surface area contributed by atoms with E-state index in [0.717, 1.165) is 64.4 Å². The lowest BCUT2D eigenvalue weighted by Gasteiger charge is -2.28. The van der Waals surface area contributed by atoms with Crippen molar-refractivity contribution < 1.29 is 4.79 Å². The minimum atomic E-state index is -0.0164. The van der Waals surface area contributed by atoms with Crippen molar-refractivity contribution >= 4 is 6.03 Å². The van der Waals surface area contributed by atoms with Gasteiger partial charge in [0.15, 0.2) is 0 Å². The normalized spacial score (nSPS) is 13.8. The third kappa shape index (κ3) is 6.36. The fraction of sp³-hybridized carbons (Fsp3) is 0.850. The van der Waals surface area contributed by atoms with Gasteiger partial charge < -0.3 is 15.1 Å². The Hall–Kier alpha value is -1.83. The van der Waals surface area contributed by atoms with E-state index < -0.39 is 0 Å². The second kappa shape index (κ2) is 11.2. The molecule has 1 N–H and O–H groups in total. The summed E-state index contributed by atoms with van der Waals surface area (Å²) in [4.78, 5) is 29.2. The zero-order chi connectivity index (χ0) is 20.5. The third-order valence-corrected chi connectivity index (χ3v) is 5.31.